The van der Waals surface area contributed by atoms with Gasteiger partial charge in [0.05, 0.1) is 17.2 Å². The molecule has 2 N–H and O–H groups in total. The summed E-state index contributed by atoms with van der Waals surface area (Å²) >= 11 is 0. The van der Waals surface area contributed by atoms with Crippen molar-refractivity contribution in [2.75, 3.05) is 33.4 Å². The normalized spacial score (nSPS) is 17.5. The summed E-state index contributed by atoms with van der Waals surface area (Å²) in [5.74, 6) is 0. The molecule has 0 aliphatic carbocycles. The Morgan fingerprint density at radius 2 is 2.00 bits per heavy atom. The molecule has 10 heteroatoms. The van der Waals surface area contributed by atoms with E-state index in [1.807, 2.05) is 0 Å². The van der Waals surface area contributed by atoms with Crippen LogP contribution in [-0.2, 0) is 14.8 Å². The number of tetrazole rings is 1. The second-order valence-electron chi connectivity index (χ2n) is 6.26. The largest absolute Gasteiger partial charge is 0.384 e. The lowest BCUT2D eigenvalue weighted by Gasteiger charge is -2.37. The molecule has 1 aromatic heterocycles. The van der Waals surface area contributed by atoms with Gasteiger partial charge in [-0.25, -0.2) is 17.8 Å². The number of hydrogen-bond donors (Lipinski definition) is 2. The Morgan fingerprint density at radius 1 is 1.28 bits per heavy atom. The molecule has 1 fully saturated rings. The van der Waals surface area contributed by atoms with Crippen molar-refractivity contribution in [1.29, 1.82) is 0 Å². The van der Waals surface area contributed by atoms with Gasteiger partial charge in [-0.05, 0) is 60.6 Å². The summed E-state index contributed by atoms with van der Waals surface area (Å²) in [5, 5.41) is 14.2. The number of ether oxygens (including phenoxy) is 1. The van der Waals surface area contributed by atoms with Crippen molar-refractivity contribution in [3.8, 4) is 5.69 Å². The summed E-state index contributed by atoms with van der Waals surface area (Å²) in [6.07, 6.45) is 3.20. The number of methoxy groups -OCH3 is 1. The lowest BCUT2D eigenvalue weighted by molar-refractivity contribution is 0.0577. The molecule has 0 radical (unpaired) electrons. The maximum atomic E-state index is 12.6. The van der Waals surface area contributed by atoms with Gasteiger partial charge in [-0.1, -0.05) is 0 Å². The van der Waals surface area contributed by atoms with Crippen LogP contribution in [0.15, 0.2) is 35.5 Å². The summed E-state index contributed by atoms with van der Waals surface area (Å²) in [4.78, 5) is 0.214. The van der Waals surface area contributed by atoms with Crippen LogP contribution in [0.3, 0.4) is 0 Å². The number of piperidine rings is 1. The van der Waals surface area contributed by atoms with Crippen LogP contribution in [0, 0.1) is 5.41 Å². The second-order valence-corrected chi connectivity index (χ2v) is 8.02. The second kappa shape index (κ2) is 7.56. The van der Waals surface area contributed by atoms with Crippen molar-refractivity contribution in [2.45, 2.75) is 17.7 Å². The highest BCUT2D eigenvalue weighted by atomic mass is 32.2. The van der Waals surface area contributed by atoms with E-state index in [-0.39, 0.29) is 10.3 Å². The van der Waals surface area contributed by atoms with Crippen molar-refractivity contribution >= 4 is 10.0 Å². The number of benzene rings is 1. The first kappa shape index (κ1) is 17.9. The molecular weight excluding hydrogens is 344 g/mol. The van der Waals surface area contributed by atoms with Crippen LogP contribution < -0.4 is 10.0 Å². The van der Waals surface area contributed by atoms with Gasteiger partial charge in [0.25, 0.3) is 0 Å². The Bertz CT molecular complexity index is 765. The zero-order valence-electron chi connectivity index (χ0n) is 14.1. The number of sulfonamides is 1. The van der Waals surface area contributed by atoms with Gasteiger partial charge in [-0.15, -0.1) is 5.10 Å². The third-order valence-electron chi connectivity index (χ3n) is 4.51. The molecule has 0 atom stereocenters. The molecule has 1 saturated heterocycles. The molecule has 2 heterocycles. The average Bonchev–Trinajstić information content (AvgIpc) is 3.16. The summed E-state index contributed by atoms with van der Waals surface area (Å²) in [6, 6.07) is 6.43. The summed E-state index contributed by atoms with van der Waals surface area (Å²) in [6.45, 7) is 2.63. The van der Waals surface area contributed by atoms with E-state index in [1.54, 1.807) is 31.4 Å². The molecule has 3 rings (SSSR count). The Balaban J connectivity index is 1.70. The van der Waals surface area contributed by atoms with Gasteiger partial charge < -0.3 is 10.1 Å². The zero-order chi connectivity index (χ0) is 17.8. The van der Waals surface area contributed by atoms with E-state index in [9.17, 15) is 8.42 Å². The van der Waals surface area contributed by atoms with Crippen molar-refractivity contribution in [1.82, 2.24) is 30.2 Å². The van der Waals surface area contributed by atoms with E-state index in [4.69, 9.17) is 4.74 Å². The highest BCUT2D eigenvalue weighted by Gasteiger charge is 2.33. The molecule has 9 nitrogen and oxygen atoms in total. The minimum atomic E-state index is -3.59. The Kier molecular flexibility index (Phi) is 5.42. The summed E-state index contributed by atoms with van der Waals surface area (Å²) in [5.41, 5.74) is 0.525. The minimum absolute atomic E-state index is 0.167. The van der Waals surface area contributed by atoms with Gasteiger partial charge in [-0.3, -0.25) is 0 Å². The molecule has 0 saturated carbocycles. The molecule has 0 unspecified atom stereocenters. The number of nitrogens with one attached hydrogen (secondary N) is 2. The van der Waals surface area contributed by atoms with Gasteiger partial charge >= 0.3 is 0 Å². The van der Waals surface area contributed by atoms with E-state index in [1.165, 1.54) is 11.0 Å². The molecule has 0 spiro atoms. The summed E-state index contributed by atoms with van der Waals surface area (Å²) in [7, 11) is -1.94. The number of aromatic nitrogens is 4. The molecule has 2 aromatic rings. The molecule has 1 aliphatic heterocycles. The first-order chi connectivity index (χ1) is 12.0. The smallest absolute Gasteiger partial charge is 0.240 e. The number of rotatable bonds is 7. The SMILES string of the molecule is COCC1(CNS(=O)(=O)c2ccc(-n3cnnn3)cc2)CCNCC1. The lowest BCUT2D eigenvalue weighted by Crippen LogP contribution is -2.47. The fourth-order valence-electron chi connectivity index (χ4n) is 3.02. The first-order valence-electron chi connectivity index (χ1n) is 8.07. The maximum absolute atomic E-state index is 12.6. The highest BCUT2D eigenvalue weighted by Crippen LogP contribution is 2.29. The molecule has 0 bridgehead atoms. The van der Waals surface area contributed by atoms with Crippen LogP contribution in [0.25, 0.3) is 5.69 Å². The van der Waals surface area contributed by atoms with Crippen molar-refractivity contribution in [2.24, 2.45) is 5.41 Å². The monoisotopic (exact) mass is 366 g/mol. The molecule has 1 aliphatic rings. The highest BCUT2D eigenvalue weighted by molar-refractivity contribution is 7.89. The zero-order valence-corrected chi connectivity index (χ0v) is 14.9. The first-order valence-corrected chi connectivity index (χ1v) is 9.56. The van der Waals surface area contributed by atoms with E-state index < -0.39 is 10.0 Å². The third-order valence-corrected chi connectivity index (χ3v) is 5.93. The number of hydrogen-bond acceptors (Lipinski definition) is 7. The maximum Gasteiger partial charge on any atom is 0.240 e. The van der Waals surface area contributed by atoms with Crippen molar-refractivity contribution < 1.29 is 13.2 Å². The van der Waals surface area contributed by atoms with Crippen LogP contribution in [0.5, 0.6) is 0 Å². The standard InChI is InChI=1S/C15H22N6O3S/c1-24-11-15(6-8-16-9-7-15)10-18-25(22,23)14-4-2-13(3-5-14)21-12-17-19-20-21/h2-5,12,16,18H,6-11H2,1H3. The van der Waals surface area contributed by atoms with E-state index >= 15 is 0 Å². The van der Waals surface area contributed by atoms with Gasteiger partial charge in [-0.2, -0.15) is 0 Å². The average molecular weight is 366 g/mol. The van der Waals surface area contributed by atoms with Gasteiger partial charge in [0.2, 0.25) is 10.0 Å². The van der Waals surface area contributed by atoms with Crippen molar-refractivity contribution in [3.05, 3.63) is 30.6 Å². The Hall–Kier alpha value is -1.88. The van der Waals surface area contributed by atoms with E-state index in [0.29, 0.717) is 18.8 Å². The molecule has 136 valence electrons. The summed E-state index contributed by atoms with van der Waals surface area (Å²) < 4.78 is 34.7. The minimum Gasteiger partial charge on any atom is -0.384 e. The Morgan fingerprint density at radius 3 is 2.60 bits per heavy atom. The predicted molar refractivity (Wildman–Crippen MR) is 90.8 cm³/mol. The third kappa shape index (κ3) is 4.21. The Labute approximate surface area is 146 Å². The van der Waals surface area contributed by atoms with Gasteiger partial charge in [0, 0.05) is 19.1 Å². The quantitative estimate of drug-likeness (QED) is 0.707. The molecule has 1 aromatic carbocycles. The van der Waals surface area contributed by atoms with Crippen LogP contribution in [0.2, 0.25) is 0 Å². The van der Waals surface area contributed by atoms with E-state index in [0.717, 1.165) is 25.9 Å². The fraction of sp³-hybridized carbons (Fsp3) is 0.533. The van der Waals surface area contributed by atoms with Gasteiger partial charge in [0.15, 0.2) is 0 Å². The molecule has 25 heavy (non-hydrogen) atoms. The fourth-order valence-corrected chi connectivity index (χ4v) is 4.18. The van der Waals surface area contributed by atoms with Crippen molar-refractivity contribution in [3.63, 3.8) is 0 Å². The predicted octanol–water partition coefficient (Wildman–Crippen LogP) is -0.0432. The van der Waals surface area contributed by atoms with Crippen LogP contribution in [0.4, 0.5) is 0 Å². The topological polar surface area (TPSA) is 111 Å². The lowest BCUT2D eigenvalue weighted by atomic mass is 9.80. The van der Waals surface area contributed by atoms with Crippen LogP contribution in [0.1, 0.15) is 12.8 Å². The number of nitrogens with zero attached hydrogens (tertiary/aromatic N) is 4. The van der Waals surface area contributed by atoms with Crippen LogP contribution in [-0.4, -0.2) is 62.0 Å². The van der Waals surface area contributed by atoms with Gasteiger partial charge in [0.1, 0.15) is 6.33 Å². The molecular formula is C15H22N6O3S. The van der Waals surface area contributed by atoms with E-state index in [2.05, 4.69) is 25.6 Å². The van der Waals surface area contributed by atoms with Crippen LogP contribution >= 0.6 is 0 Å². The molecule has 0 amide bonds.